The van der Waals surface area contributed by atoms with Crippen LogP contribution in [-0.4, -0.2) is 5.78 Å². The predicted octanol–water partition coefficient (Wildman–Crippen LogP) is 3.27. The van der Waals surface area contributed by atoms with Gasteiger partial charge in [0.2, 0.25) is 0 Å². The summed E-state index contributed by atoms with van der Waals surface area (Å²) in [5.41, 5.74) is 3.75. The van der Waals surface area contributed by atoms with E-state index in [-0.39, 0.29) is 5.78 Å². The Balaban J connectivity index is 2.06. The molecule has 0 atom stereocenters. The number of fused-ring (bicyclic) bond motifs is 2. The Bertz CT molecular complexity index is 539. The minimum Gasteiger partial charge on any atom is -0.293 e. The third kappa shape index (κ3) is 1.59. The highest BCUT2D eigenvalue weighted by atomic mass is 32.1. The smallest absolute Gasteiger partial charge is 0.177 e. The molecule has 0 amide bonds. The first-order valence-corrected chi connectivity index (χ1v) is 6.39. The number of Topliss-reactive ketones (excluding diaryl/α,β-unsaturated/α-hetero) is 1. The minimum atomic E-state index is 0.275. The topological polar surface area (TPSA) is 17.1 Å². The van der Waals surface area contributed by atoms with E-state index in [1.54, 1.807) is 11.3 Å². The van der Waals surface area contributed by atoms with Gasteiger partial charge in [0.1, 0.15) is 0 Å². The second-order valence-electron chi connectivity index (χ2n) is 4.14. The van der Waals surface area contributed by atoms with Gasteiger partial charge >= 0.3 is 0 Å². The van der Waals surface area contributed by atoms with E-state index in [1.807, 2.05) is 11.4 Å². The largest absolute Gasteiger partial charge is 0.293 e. The van der Waals surface area contributed by atoms with Crippen LogP contribution in [0.4, 0.5) is 0 Å². The summed E-state index contributed by atoms with van der Waals surface area (Å²) in [5, 5.41) is 2.03. The molecule has 2 heteroatoms. The van der Waals surface area contributed by atoms with Gasteiger partial charge in [-0.3, -0.25) is 4.79 Å². The molecule has 1 aliphatic rings. The van der Waals surface area contributed by atoms with Gasteiger partial charge in [0.25, 0.3) is 0 Å². The summed E-state index contributed by atoms with van der Waals surface area (Å²) in [6.45, 7) is 0. The molecule has 0 saturated carbocycles. The first-order chi connectivity index (χ1) is 7.84. The van der Waals surface area contributed by atoms with E-state index in [9.17, 15) is 4.79 Å². The molecule has 0 aliphatic heterocycles. The normalized spacial score (nSPS) is 14.9. The van der Waals surface area contributed by atoms with Crippen molar-refractivity contribution in [2.45, 2.75) is 19.3 Å². The summed E-state index contributed by atoms with van der Waals surface area (Å²) in [6, 6.07) is 10.4. The number of carbonyl (C=O) groups excluding carboxylic acids is 1. The number of benzene rings is 1. The number of carbonyl (C=O) groups is 1. The zero-order chi connectivity index (χ0) is 11.0. The number of aryl methyl sites for hydroxylation is 2. The van der Waals surface area contributed by atoms with Crippen molar-refractivity contribution in [2.75, 3.05) is 0 Å². The van der Waals surface area contributed by atoms with Crippen LogP contribution in [0.2, 0.25) is 0 Å². The molecule has 0 radical (unpaired) electrons. The molecule has 80 valence electrons. The molecule has 0 N–H and O–H groups in total. The fourth-order valence-electron chi connectivity index (χ4n) is 2.27. The second kappa shape index (κ2) is 3.87. The van der Waals surface area contributed by atoms with E-state index < -0.39 is 0 Å². The van der Waals surface area contributed by atoms with Crippen LogP contribution in [0, 0.1) is 0 Å². The average molecular weight is 228 g/mol. The first kappa shape index (κ1) is 9.79. The van der Waals surface area contributed by atoms with E-state index in [2.05, 4.69) is 24.3 Å². The van der Waals surface area contributed by atoms with Crippen molar-refractivity contribution in [3.63, 3.8) is 0 Å². The Morgan fingerprint density at radius 2 is 1.69 bits per heavy atom. The van der Waals surface area contributed by atoms with E-state index in [4.69, 9.17) is 0 Å². The summed E-state index contributed by atoms with van der Waals surface area (Å²) in [7, 11) is 0. The summed E-state index contributed by atoms with van der Waals surface area (Å²) in [4.78, 5) is 13.1. The molecule has 0 fully saturated rings. The number of thiophene rings is 1. The molecule has 2 aromatic rings. The molecule has 0 bridgehead atoms. The fraction of sp³-hybridized carbons (Fsp3) is 0.214. The lowest BCUT2D eigenvalue weighted by Gasteiger charge is -2.12. The lowest BCUT2D eigenvalue weighted by atomic mass is 9.92. The maximum atomic E-state index is 12.1. The lowest BCUT2D eigenvalue weighted by molar-refractivity contribution is 0.0995. The minimum absolute atomic E-state index is 0.275. The molecule has 1 heterocycles. The van der Waals surface area contributed by atoms with Gasteiger partial charge in [-0.15, -0.1) is 11.3 Å². The fourth-order valence-corrected chi connectivity index (χ4v) is 3.17. The van der Waals surface area contributed by atoms with Crippen molar-refractivity contribution in [3.05, 3.63) is 57.3 Å². The van der Waals surface area contributed by atoms with Gasteiger partial charge in [0.05, 0.1) is 4.88 Å². The van der Waals surface area contributed by atoms with E-state index in [0.29, 0.717) is 6.42 Å². The number of hydrogen-bond acceptors (Lipinski definition) is 2. The Morgan fingerprint density at radius 1 is 0.938 bits per heavy atom. The van der Waals surface area contributed by atoms with Crippen LogP contribution in [0.15, 0.2) is 35.7 Å². The molecular formula is C14H12OS. The Morgan fingerprint density at radius 3 is 2.56 bits per heavy atom. The summed E-state index contributed by atoms with van der Waals surface area (Å²) in [5.74, 6) is 0.275. The maximum Gasteiger partial charge on any atom is 0.177 e. The monoisotopic (exact) mass is 228 g/mol. The van der Waals surface area contributed by atoms with Gasteiger partial charge in [-0.05, 0) is 41.0 Å². The highest BCUT2D eigenvalue weighted by Crippen LogP contribution is 2.25. The molecule has 0 spiro atoms. The van der Waals surface area contributed by atoms with Crippen molar-refractivity contribution in [2.24, 2.45) is 0 Å². The van der Waals surface area contributed by atoms with Crippen molar-refractivity contribution in [1.29, 1.82) is 0 Å². The average Bonchev–Trinajstić information content (AvgIpc) is 2.74. The van der Waals surface area contributed by atoms with E-state index in [1.165, 1.54) is 16.7 Å². The second-order valence-corrected chi connectivity index (χ2v) is 5.06. The van der Waals surface area contributed by atoms with Gasteiger partial charge in [0.15, 0.2) is 5.78 Å². The molecule has 0 unspecified atom stereocenters. The molecule has 1 aromatic carbocycles. The Labute approximate surface area is 98.7 Å². The van der Waals surface area contributed by atoms with Crippen molar-refractivity contribution < 1.29 is 4.79 Å². The Hall–Kier alpha value is -1.41. The van der Waals surface area contributed by atoms with Gasteiger partial charge in [-0.1, -0.05) is 24.3 Å². The molecule has 16 heavy (non-hydrogen) atoms. The molecule has 1 nitrogen and oxygen atoms in total. The summed E-state index contributed by atoms with van der Waals surface area (Å²) in [6.07, 6.45) is 2.60. The van der Waals surface area contributed by atoms with E-state index >= 15 is 0 Å². The Kier molecular flexibility index (Phi) is 2.37. The van der Waals surface area contributed by atoms with Crippen LogP contribution in [0.3, 0.4) is 0 Å². The summed E-state index contributed by atoms with van der Waals surface area (Å²) >= 11 is 1.58. The van der Waals surface area contributed by atoms with Crippen LogP contribution >= 0.6 is 11.3 Å². The predicted molar refractivity (Wildman–Crippen MR) is 66.2 cm³/mol. The SMILES string of the molecule is O=C1Cc2ccccc2CCc2ccsc21. The molecule has 0 saturated heterocycles. The van der Waals surface area contributed by atoms with Crippen molar-refractivity contribution >= 4 is 17.1 Å². The van der Waals surface area contributed by atoms with Gasteiger partial charge in [-0.25, -0.2) is 0 Å². The van der Waals surface area contributed by atoms with Crippen molar-refractivity contribution in [1.82, 2.24) is 0 Å². The number of rotatable bonds is 0. The quantitative estimate of drug-likeness (QED) is 0.676. The third-order valence-corrected chi connectivity index (χ3v) is 4.13. The highest BCUT2D eigenvalue weighted by molar-refractivity contribution is 7.12. The van der Waals surface area contributed by atoms with Gasteiger partial charge in [0, 0.05) is 6.42 Å². The van der Waals surface area contributed by atoms with E-state index in [0.717, 1.165) is 17.7 Å². The molecule has 1 aromatic heterocycles. The van der Waals surface area contributed by atoms with Crippen LogP contribution in [-0.2, 0) is 19.3 Å². The highest BCUT2D eigenvalue weighted by Gasteiger charge is 2.18. The third-order valence-electron chi connectivity index (χ3n) is 3.13. The zero-order valence-corrected chi connectivity index (χ0v) is 9.72. The molecule has 3 rings (SSSR count). The van der Waals surface area contributed by atoms with Crippen molar-refractivity contribution in [3.8, 4) is 0 Å². The molecule has 1 aliphatic carbocycles. The van der Waals surface area contributed by atoms with Gasteiger partial charge < -0.3 is 0 Å². The zero-order valence-electron chi connectivity index (χ0n) is 8.90. The van der Waals surface area contributed by atoms with Gasteiger partial charge in [-0.2, -0.15) is 0 Å². The van der Waals surface area contributed by atoms with Crippen LogP contribution < -0.4 is 0 Å². The number of hydrogen-bond donors (Lipinski definition) is 0. The summed E-state index contributed by atoms with van der Waals surface area (Å²) < 4.78 is 0. The van der Waals surface area contributed by atoms with Crippen LogP contribution in [0.25, 0.3) is 0 Å². The first-order valence-electron chi connectivity index (χ1n) is 5.51. The lowest BCUT2D eigenvalue weighted by Crippen LogP contribution is -2.10. The standard InChI is InChI=1S/C14H12OS/c15-13-9-12-4-2-1-3-10(12)5-6-11-7-8-16-14(11)13/h1-4,7-8H,5-6,9H2. The molecular weight excluding hydrogens is 216 g/mol. The van der Waals surface area contributed by atoms with Crippen LogP contribution in [0.5, 0.6) is 0 Å². The van der Waals surface area contributed by atoms with Crippen LogP contribution in [0.1, 0.15) is 26.4 Å². The maximum absolute atomic E-state index is 12.1. The number of ketones is 1.